The van der Waals surface area contributed by atoms with Crippen LogP contribution in [-0.4, -0.2) is 48.8 Å². The number of ether oxygens (including phenoxy) is 1. The van der Waals surface area contributed by atoms with E-state index in [0.29, 0.717) is 6.04 Å². The standard InChI is InChI=1S/C15H21N3OS/c1-12(10-18-5-7-19-8-6-18)16-9-13-3-2-4-14-15(13)20-11-17-14/h2-4,11-12,16H,5-10H2,1H3. The van der Waals surface area contributed by atoms with Gasteiger partial charge >= 0.3 is 0 Å². The van der Waals surface area contributed by atoms with Gasteiger partial charge in [0.25, 0.3) is 0 Å². The second-order valence-electron chi connectivity index (χ2n) is 5.31. The number of morpholine rings is 1. The molecule has 1 fully saturated rings. The van der Waals surface area contributed by atoms with Crippen LogP contribution in [0.5, 0.6) is 0 Å². The van der Waals surface area contributed by atoms with Gasteiger partial charge in [-0.3, -0.25) is 4.90 Å². The average molecular weight is 291 g/mol. The Labute approximate surface area is 123 Å². The Morgan fingerprint density at radius 3 is 3.10 bits per heavy atom. The zero-order chi connectivity index (χ0) is 13.8. The normalized spacial score (nSPS) is 18.4. The summed E-state index contributed by atoms with van der Waals surface area (Å²) in [6, 6.07) is 6.84. The van der Waals surface area contributed by atoms with Crippen LogP contribution in [0.4, 0.5) is 0 Å². The first-order valence-corrected chi connectivity index (χ1v) is 8.05. The predicted octanol–water partition coefficient (Wildman–Crippen LogP) is 2.11. The third-order valence-electron chi connectivity index (χ3n) is 3.71. The lowest BCUT2D eigenvalue weighted by Gasteiger charge is -2.29. The number of hydrogen-bond donors (Lipinski definition) is 1. The van der Waals surface area contributed by atoms with E-state index in [2.05, 4.69) is 40.3 Å². The van der Waals surface area contributed by atoms with Gasteiger partial charge in [-0.1, -0.05) is 12.1 Å². The van der Waals surface area contributed by atoms with Crippen molar-refractivity contribution in [2.45, 2.75) is 19.5 Å². The maximum atomic E-state index is 5.38. The van der Waals surface area contributed by atoms with Gasteiger partial charge in [0.1, 0.15) is 0 Å². The van der Waals surface area contributed by atoms with Gasteiger partial charge in [-0.15, -0.1) is 11.3 Å². The molecule has 0 saturated carbocycles. The molecule has 1 unspecified atom stereocenters. The Hall–Kier alpha value is -1.01. The van der Waals surface area contributed by atoms with Crippen LogP contribution in [0, 0.1) is 0 Å². The monoisotopic (exact) mass is 291 g/mol. The summed E-state index contributed by atoms with van der Waals surface area (Å²) in [6.45, 7) is 8.09. The van der Waals surface area contributed by atoms with Gasteiger partial charge in [-0.2, -0.15) is 0 Å². The number of aromatic nitrogens is 1. The van der Waals surface area contributed by atoms with Crippen molar-refractivity contribution in [1.29, 1.82) is 0 Å². The molecule has 1 aliphatic rings. The van der Waals surface area contributed by atoms with Crippen molar-refractivity contribution in [1.82, 2.24) is 15.2 Å². The smallest absolute Gasteiger partial charge is 0.0815 e. The molecule has 108 valence electrons. The van der Waals surface area contributed by atoms with Crippen molar-refractivity contribution in [3.05, 3.63) is 29.3 Å². The summed E-state index contributed by atoms with van der Waals surface area (Å²) in [5.41, 5.74) is 4.37. The molecule has 1 N–H and O–H groups in total. The summed E-state index contributed by atoms with van der Waals surface area (Å²) in [5.74, 6) is 0. The second-order valence-corrected chi connectivity index (χ2v) is 6.17. The van der Waals surface area contributed by atoms with E-state index < -0.39 is 0 Å². The van der Waals surface area contributed by atoms with Crippen molar-refractivity contribution in [2.24, 2.45) is 0 Å². The molecule has 0 radical (unpaired) electrons. The van der Waals surface area contributed by atoms with Crippen molar-refractivity contribution in [3.63, 3.8) is 0 Å². The Morgan fingerprint density at radius 2 is 2.25 bits per heavy atom. The molecule has 1 aromatic heterocycles. The van der Waals surface area contributed by atoms with Gasteiger partial charge in [0, 0.05) is 32.2 Å². The lowest BCUT2D eigenvalue weighted by atomic mass is 10.2. The summed E-state index contributed by atoms with van der Waals surface area (Å²) in [5, 5.41) is 3.62. The number of nitrogens with one attached hydrogen (secondary N) is 1. The summed E-state index contributed by atoms with van der Waals surface area (Å²) < 4.78 is 6.69. The topological polar surface area (TPSA) is 37.4 Å². The van der Waals surface area contributed by atoms with Crippen molar-refractivity contribution in [3.8, 4) is 0 Å². The van der Waals surface area contributed by atoms with E-state index >= 15 is 0 Å². The molecule has 0 spiro atoms. The number of hydrogen-bond acceptors (Lipinski definition) is 5. The zero-order valence-electron chi connectivity index (χ0n) is 11.8. The highest BCUT2D eigenvalue weighted by Gasteiger charge is 2.13. The summed E-state index contributed by atoms with van der Waals surface area (Å²) in [4.78, 5) is 6.84. The molecule has 3 rings (SSSR count). The minimum absolute atomic E-state index is 0.483. The van der Waals surface area contributed by atoms with Crippen LogP contribution in [-0.2, 0) is 11.3 Å². The first-order chi connectivity index (χ1) is 9.83. The SMILES string of the molecule is CC(CN1CCOCC1)NCc1cccc2ncsc12. The van der Waals surface area contributed by atoms with E-state index in [-0.39, 0.29) is 0 Å². The molecule has 0 bridgehead atoms. The Bertz CT molecular complexity index is 551. The molecule has 2 heterocycles. The maximum absolute atomic E-state index is 5.38. The average Bonchev–Trinajstić information content (AvgIpc) is 2.95. The lowest BCUT2D eigenvalue weighted by molar-refractivity contribution is 0.0343. The zero-order valence-corrected chi connectivity index (χ0v) is 12.7. The molecule has 0 aliphatic carbocycles. The van der Waals surface area contributed by atoms with Crippen LogP contribution in [0.15, 0.2) is 23.7 Å². The first kappa shape index (κ1) is 13.9. The van der Waals surface area contributed by atoms with Gasteiger partial charge in [0.05, 0.1) is 28.9 Å². The fourth-order valence-electron chi connectivity index (χ4n) is 2.60. The van der Waals surface area contributed by atoms with Gasteiger partial charge in [0.2, 0.25) is 0 Å². The highest BCUT2D eigenvalue weighted by molar-refractivity contribution is 7.16. The number of fused-ring (bicyclic) bond motifs is 1. The van der Waals surface area contributed by atoms with E-state index in [9.17, 15) is 0 Å². The van der Waals surface area contributed by atoms with Crippen molar-refractivity contribution >= 4 is 21.6 Å². The number of rotatable bonds is 5. The van der Waals surface area contributed by atoms with E-state index in [0.717, 1.165) is 44.9 Å². The molecule has 2 aromatic rings. The number of thiazole rings is 1. The Kier molecular flexibility index (Phi) is 4.62. The van der Waals surface area contributed by atoms with Crippen molar-refractivity contribution < 1.29 is 4.74 Å². The van der Waals surface area contributed by atoms with Gasteiger partial charge in [-0.25, -0.2) is 4.98 Å². The van der Waals surface area contributed by atoms with Gasteiger partial charge in [-0.05, 0) is 18.6 Å². The van der Waals surface area contributed by atoms with Crippen LogP contribution in [0.3, 0.4) is 0 Å². The predicted molar refractivity (Wildman–Crippen MR) is 83.2 cm³/mol. The molecule has 1 aliphatic heterocycles. The van der Waals surface area contributed by atoms with E-state index in [4.69, 9.17) is 4.74 Å². The third kappa shape index (κ3) is 3.35. The lowest BCUT2D eigenvalue weighted by Crippen LogP contribution is -2.44. The Balaban J connectivity index is 1.54. The molecule has 0 amide bonds. The van der Waals surface area contributed by atoms with Crippen LogP contribution < -0.4 is 5.32 Å². The minimum atomic E-state index is 0.483. The molecule has 1 saturated heterocycles. The Morgan fingerprint density at radius 1 is 1.40 bits per heavy atom. The molecular weight excluding hydrogens is 270 g/mol. The fraction of sp³-hybridized carbons (Fsp3) is 0.533. The van der Waals surface area contributed by atoms with Crippen LogP contribution in [0.1, 0.15) is 12.5 Å². The first-order valence-electron chi connectivity index (χ1n) is 7.17. The van der Waals surface area contributed by atoms with Crippen molar-refractivity contribution in [2.75, 3.05) is 32.8 Å². The molecule has 1 aromatic carbocycles. The molecule has 20 heavy (non-hydrogen) atoms. The minimum Gasteiger partial charge on any atom is -0.379 e. The van der Waals surface area contributed by atoms with E-state index in [1.54, 1.807) is 11.3 Å². The number of benzene rings is 1. The second kappa shape index (κ2) is 6.63. The summed E-state index contributed by atoms with van der Waals surface area (Å²) in [7, 11) is 0. The van der Waals surface area contributed by atoms with E-state index in [1.165, 1.54) is 10.3 Å². The van der Waals surface area contributed by atoms with Crippen LogP contribution in [0.2, 0.25) is 0 Å². The van der Waals surface area contributed by atoms with Gasteiger partial charge in [0.15, 0.2) is 0 Å². The molecule has 5 heteroatoms. The van der Waals surface area contributed by atoms with Gasteiger partial charge < -0.3 is 10.1 Å². The van der Waals surface area contributed by atoms with Crippen LogP contribution in [0.25, 0.3) is 10.2 Å². The maximum Gasteiger partial charge on any atom is 0.0815 e. The highest BCUT2D eigenvalue weighted by Crippen LogP contribution is 2.22. The van der Waals surface area contributed by atoms with Crippen LogP contribution >= 0.6 is 11.3 Å². The third-order valence-corrected chi connectivity index (χ3v) is 4.63. The number of nitrogens with zero attached hydrogens (tertiary/aromatic N) is 2. The molecular formula is C15H21N3OS. The fourth-order valence-corrected chi connectivity index (χ4v) is 3.41. The van der Waals surface area contributed by atoms with E-state index in [1.807, 2.05) is 5.51 Å². The highest BCUT2D eigenvalue weighted by atomic mass is 32.1. The summed E-state index contributed by atoms with van der Waals surface area (Å²) >= 11 is 1.72. The molecule has 4 nitrogen and oxygen atoms in total. The molecule has 1 atom stereocenters. The summed E-state index contributed by atoms with van der Waals surface area (Å²) in [6.07, 6.45) is 0. The largest absolute Gasteiger partial charge is 0.379 e. The quantitative estimate of drug-likeness (QED) is 0.915.